The number of rotatable bonds is 8. The van der Waals surface area contributed by atoms with Gasteiger partial charge in [-0.3, -0.25) is 4.99 Å². The van der Waals surface area contributed by atoms with Crippen molar-refractivity contribution >= 4 is 15.8 Å². The molecule has 0 radical (unpaired) electrons. The van der Waals surface area contributed by atoms with E-state index >= 15 is 0 Å². The molecule has 0 fully saturated rings. The maximum atomic E-state index is 11.4. The maximum Gasteiger partial charge on any atom is 0.191 e. The molecule has 0 aliphatic rings. The van der Waals surface area contributed by atoms with E-state index in [-0.39, 0.29) is 0 Å². The molecule has 0 amide bonds. The maximum absolute atomic E-state index is 11.4. The number of hydrogen-bond acceptors (Lipinski definition) is 3. The minimum absolute atomic E-state index is 0.355. The van der Waals surface area contributed by atoms with Crippen molar-refractivity contribution in [1.29, 1.82) is 0 Å². The first-order chi connectivity index (χ1) is 11.0. The van der Waals surface area contributed by atoms with Gasteiger partial charge in [-0.05, 0) is 44.4 Å². The second kappa shape index (κ2) is 10.0. The van der Waals surface area contributed by atoms with E-state index < -0.39 is 9.84 Å². The highest BCUT2D eigenvalue weighted by molar-refractivity contribution is 7.90. The van der Waals surface area contributed by atoms with Gasteiger partial charge >= 0.3 is 0 Å². The van der Waals surface area contributed by atoms with Gasteiger partial charge in [0.1, 0.15) is 0 Å². The van der Waals surface area contributed by atoms with Crippen LogP contribution in [0.2, 0.25) is 0 Å². The highest BCUT2D eigenvalue weighted by Gasteiger charge is 2.06. The Balaban J connectivity index is 2.49. The molecule has 0 bridgehead atoms. The Morgan fingerprint density at radius 2 is 1.91 bits per heavy atom. The van der Waals surface area contributed by atoms with Crippen molar-refractivity contribution in [3.63, 3.8) is 0 Å². The largest absolute Gasteiger partial charge is 0.357 e. The molecule has 0 atom stereocenters. The van der Waals surface area contributed by atoms with Gasteiger partial charge in [0.15, 0.2) is 15.8 Å². The minimum Gasteiger partial charge on any atom is -0.357 e. The van der Waals surface area contributed by atoms with Gasteiger partial charge in [0, 0.05) is 25.9 Å². The Kier molecular flexibility index (Phi) is 8.40. The van der Waals surface area contributed by atoms with E-state index in [1.54, 1.807) is 12.1 Å². The Bertz CT molecular complexity index is 620. The summed E-state index contributed by atoms with van der Waals surface area (Å²) >= 11 is 0. The summed E-state index contributed by atoms with van der Waals surface area (Å²) < 4.78 is 22.9. The lowest BCUT2D eigenvalue weighted by Gasteiger charge is -2.11. The highest BCUT2D eigenvalue weighted by Crippen LogP contribution is 2.10. The van der Waals surface area contributed by atoms with Crippen LogP contribution >= 0.6 is 0 Å². The molecule has 0 heterocycles. The summed E-state index contributed by atoms with van der Waals surface area (Å²) in [6, 6.07) is 7.02. The molecule has 2 N–H and O–H groups in total. The molecule has 1 rings (SSSR count). The van der Waals surface area contributed by atoms with Crippen molar-refractivity contribution in [3.8, 4) is 0 Å². The molecule has 128 valence electrons. The van der Waals surface area contributed by atoms with Crippen molar-refractivity contribution in [1.82, 2.24) is 10.6 Å². The molecule has 5 nitrogen and oxygen atoms in total. The van der Waals surface area contributed by atoms with Gasteiger partial charge in [-0.1, -0.05) is 24.3 Å². The molecule has 0 saturated heterocycles. The zero-order valence-corrected chi connectivity index (χ0v) is 15.0. The summed E-state index contributed by atoms with van der Waals surface area (Å²) in [6.45, 7) is 6.35. The number of hydrogen-bond donors (Lipinski definition) is 2. The molecule has 6 heteroatoms. The van der Waals surface area contributed by atoms with E-state index in [2.05, 4.69) is 21.7 Å². The molecule has 0 aliphatic heterocycles. The summed E-state index contributed by atoms with van der Waals surface area (Å²) in [4.78, 5) is 4.85. The van der Waals surface area contributed by atoms with E-state index in [1.165, 1.54) is 6.26 Å². The van der Waals surface area contributed by atoms with Gasteiger partial charge in [-0.25, -0.2) is 8.42 Å². The first-order valence-electron chi connectivity index (χ1n) is 7.89. The van der Waals surface area contributed by atoms with Crippen LogP contribution in [-0.4, -0.2) is 40.3 Å². The molecule has 0 spiro atoms. The molecular formula is C17H27N3O2S. The van der Waals surface area contributed by atoms with Crippen LogP contribution in [0.15, 0.2) is 46.3 Å². The summed E-state index contributed by atoms with van der Waals surface area (Å²) in [5.41, 5.74) is 1.09. The number of aliphatic imine (C=N–C) groups is 1. The first kappa shape index (κ1) is 19.2. The number of benzene rings is 1. The monoisotopic (exact) mass is 337 g/mol. The fourth-order valence-corrected chi connectivity index (χ4v) is 2.62. The fraction of sp³-hybridized carbons (Fsp3) is 0.471. The Morgan fingerprint density at radius 3 is 2.48 bits per heavy atom. The van der Waals surface area contributed by atoms with Crippen LogP contribution in [0.5, 0.6) is 0 Å². The lowest BCUT2D eigenvalue weighted by atomic mass is 10.1. The van der Waals surface area contributed by atoms with Crippen molar-refractivity contribution < 1.29 is 8.42 Å². The fourth-order valence-electron chi connectivity index (χ4n) is 1.99. The Labute approximate surface area is 139 Å². The summed E-state index contributed by atoms with van der Waals surface area (Å²) in [5.74, 6) is 0.810. The lowest BCUT2D eigenvalue weighted by molar-refractivity contribution is 0.602. The number of nitrogens with one attached hydrogen (secondary N) is 2. The normalized spacial score (nSPS) is 12.6. The van der Waals surface area contributed by atoms with Crippen molar-refractivity contribution in [2.45, 2.75) is 31.6 Å². The van der Waals surface area contributed by atoms with Crippen molar-refractivity contribution in [2.24, 2.45) is 4.99 Å². The smallest absolute Gasteiger partial charge is 0.191 e. The third-order valence-electron chi connectivity index (χ3n) is 3.20. The quantitative estimate of drug-likeness (QED) is 0.330. The molecule has 23 heavy (non-hydrogen) atoms. The van der Waals surface area contributed by atoms with Gasteiger partial charge in [0.25, 0.3) is 0 Å². The average molecular weight is 337 g/mol. The van der Waals surface area contributed by atoms with Crippen LogP contribution < -0.4 is 10.6 Å². The van der Waals surface area contributed by atoms with Crippen LogP contribution in [0.4, 0.5) is 0 Å². The minimum atomic E-state index is -3.13. The van der Waals surface area contributed by atoms with Crippen molar-refractivity contribution in [2.75, 3.05) is 25.9 Å². The van der Waals surface area contributed by atoms with Gasteiger partial charge in [0.2, 0.25) is 0 Å². The van der Waals surface area contributed by atoms with Crippen LogP contribution in [0.25, 0.3) is 0 Å². The molecule has 0 aromatic heterocycles. The second-order valence-corrected chi connectivity index (χ2v) is 7.23. The number of guanidine groups is 1. The summed E-state index contributed by atoms with van der Waals surface area (Å²) in [6.07, 6.45) is 7.08. The average Bonchev–Trinajstić information content (AvgIpc) is 2.51. The Hall–Kier alpha value is -1.82. The predicted molar refractivity (Wildman–Crippen MR) is 96.7 cm³/mol. The third kappa shape index (κ3) is 7.83. The zero-order valence-electron chi connectivity index (χ0n) is 14.2. The predicted octanol–water partition coefficient (Wildman–Crippen LogP) is 2.15. The van der Waals surface area contributed by atoms with Crippen LogP contribution in [0.3, 0.4) is 0 Å². The summed E-state index contributed by atoms with van der Waals surface area (Å²) in [7, 11) is -3.13. The zero-order chi connectivity index (χ0) is 17.1. The van der Waals surface area contributed by atoms with E-state index in [0.717, 1.165) is 44.0 Å². The second-order valence-electron chi connectivity index (χ2n) is 5.21. The van der Waals surface area contributed by atoms with Gasteiger partial charge in [-0.2, -0.15) is 0 Å². The van der Waals surface area contributed by atoms with E-state index in [1.807, 2.05) is 32.1 Å². The van der Waals surface area contributed by atoms with Gasteiger partial charge in [0.05, 0.1) is 4.90 Å². The molecular weight excluding hydrogens is 310 g/mol. The molecule has 1 aromatic rings. The highest BCUT2D eigenvalue weighted by atomic mass is 32.2. The standard InChI is InChI=1S/C17H27N3O2S/c1-4-6-7-13-19-17(18-5-2)20-14-12-15-8-10-16(11-9-15)23(3,21)22/h4,6,8-11H,5,7,12-14H2,1-3H3,(H2,18,19,20)/b6-4+. The number of allylic oxidation sites excluding steroid dienone is 1. The topological polar surface area (TPSA) is 70.6 Å². The Morgan fingerprint density at radius 1 is 1.22 bits per heavy atom. The molecule has 0 saturated carbocycles. The van der Waals surface area contributed by atoms with Crippen LogP contribution in [-0.2, 0) is 16.3 Å². The van der Waals surface area contributed by atoms with Gasteiger partial charge in [-0.15, -0.1) is 0 Å². The molecule has 0 unspecified atom stereocenters. The first-order valence-corrected chi connectivity index (χ1v) is 9.79. The van der Waals surface area contributed by atoms with Crippen LogP contribution in [0, 0.1) is 0 Å². The van der Waals surface area contributed by atoms with E-state index in [9.17, 15) is 8.42 Å². The van der Waals surface area contributed by atoms with E-state index in [0.29, 0.717) is 4.90 Å². The van der Waals surface area contributed by atoms with Crippen molar-refractivity contribution in [3.05, 3.63) is 42.0 Å². The summed E-state index contributed by atoms with van der Waals surface area (Å²) in [5, 5.41) is 6.50. The van der Waals surface area contributed by atoms with Crippen LogP contribution in [0.1, 0.15) is 25.8 Å². The molecule has 0 aliphatic carbocycles. The number of sulfone groups is 1. The van der Waals surface area contributed by atoms with E-state index in [4.69, 9.17) is 0 Å². The lowest BCUT2D eigenvalue weighted by Crippen LogP contribution is -2.38. The molecule has 1 aromatic carbocycles. The third-order valence-corrected chi connectivity index (χ3v) is 4.33. The SMILES string of the molecule is C/C=C/CCN=C(NCC)NCCc1ccc(S(C)(=O)=O)cc1. The van der Waals surface area contributed by atoms with Gasteiger partial charge < -0.3 is 10.6 Å². The number of nitrogens with zero attached hydrogens (tertiary/aromatic N) is 1.